The number of ether oxygens (including phenoxy) is 1. The fourth-order valence-corrected chi connectivity index (χ4v) is 2.63. The lowest BCUT2D eigenvalue weighted by molar-refractivity contribution is -0.0376. The molecule has 3 heteroatoms. The Morgan fingerprint density at radius 2 is 1.88 bits per heavy atom. The summed E-state index contributed by atoms with van der Waals surface area (Å²) >= 11 is 0. The molecule has 0 aromatic carbocycles. The molecule has 0 amide bonds. The van der Waals surface area contributed by atoms with Crippen molar-refractivity contribution in [3.63, 3.8) is 0 Å². The minimum absolute atomic E-state index is 0.536. The average molecular weight is 226 g/mol. The largest absolute Gasteiger partial charge is 0.372 e. The Bertz CT molecular complexity index is 196. The number of nitrogens with zero attached hydrogens (tertiary/aromatic N) is 1. The van der Waals surface area contributed by atoms with Crippen molar-refractivity contribution in [1.29, 1.82) is 0 Å². The summed E-state index contributed by atoms with van der Waals surface area (Å²) in [5.74, 6) is 0.812. The molecule has 2 rings (SSSR count). The molecular weight excluding hydrogens is 200 g/mol. The molecule has 2 aliphatic heterocycles. The standard InChI is InChI=1S/C13H26N2O/c1-11(2)5-6-14-7-8-15-9-12-3-4-13(10-15)16-12/h11-14H,3-10H2,1-2H3. The van der Waals surface area contributed by atoms with Gasteiger partial charge in [-0.25, -0.2) is 0 Å². The van der Waals surface area contributed by atoms with Crippen molar-refractivity contribution in [1.82, 2.24) is 10.2 Å². The Labute approximate surface area is 99.5 Å². The molecule has 94 valence electrons. The van der Waals surface area contributed by atoms with Crippen LogP contribution < -0.4 is 5.32 Å². The number of nitrogens with one attached hydrogen (secondary N) is 1. The molecule has 16 heavy (non-hydrogen) atoms. The van der Waals surface area contributed by atoms with Gasteiger partial charge in [-0.15, -0.1) is 0 Å². The lowest BCUT2D eigenvalue weighted by atomic mass is 10.1. The number of rotatable bonds is 6. The minimum Gasteiger partial charge on any atom is -0.372 e. The first-order valence-corrected chi connectivity index (χ1v) is 6.82. The zero-order chi connectivity index (χ0) is 11.4. The van der Waals surface area contributed by atoms with Gasteiger partial charge in [0.2, 0.25) is 0 Å². The lowest BCUT2D eigenvalue weighted by Crippen LogP contribution is -2.45. The summed E-state index contributed by atoms with van der Waals surface area (Å²) < 4.78 is 5.82. The van der Waals surface area contributed by atoms with Gasteiger partial charge in [-0.2, -0.15) is 0 Å². The van der Waals surface area contributed by atoms with E-state index >= 15 is 0 Å². The van der Waals surface area contributed by atoms with E-state index in [1.54, 1.807) is 0 Å². The molecule has 2 unspecified atom stereocenters. The summed E-state index contributed by atoms with van der Waals surface area (Å²) in [4.78, 5) is 2.56. The van der Waals surface area contributed by atoms with E-state index in [1.807, 2.05) is 0 Å². The van der Waals surface area contributed by atoms with Crippen LogP contribution in [0.3, 0.4) is 0 Å². The normalized spacial score (nSPS) is 30.2. The van der Waals surface area contributed by atoms with Gasteiger partial charge in [0.1, 0.15) is 0 Å². The maximum Gasteiger partial charge on any atom is 0.0707 e. The van der Waals surface area contributed by atoms with Crippen LogP contribution in [-0.2, 0) is 4.74 Å². The molecule has 2 saturated heterocycles. The Morgan fingerprint density at radius 1 is 1.19 bits per heavy atom. The second-order valence-electron chi connectivity index (χ2n) is 5.65. The van der Waals surface area contributed by atoms with Crippen molar-refractivity contribution in [3.8, 4) is 0 Å². The van der Waals surface area contributed by atoms with Crippen LogP contribution in [0.25, 0.3) is 0 Å². The van der Waals surface area contributed by atoms with Crippen molar-refractivity contribution in [2.24, 2.45) is 5.92 Å². The zero-order valence-corrected chi connectivity index (χ0v) is 10.7. The van der Waals surface area contributed by atoms with Gasteiger partial charge in [-0.05, 0) is 31.7 Å². The highest BCUT2D eigenvalue weighted by atomic mass is 16.5. The molecular formula is C13H26N2O. The summed E-state index contributed by atoms with van der Waals surface area (Å²) in [5.41, 5.74) is 0. The van der Waals surface area contributed by atoms with Gasteiger partial charge in [0.15, 0.2) is 0 Å². The van der Waals surface area contributed by atoms with E-state index in [2.05, 4.69) is 24.1 Å². The highest BCUT2D eigenvalue weighted by Crippen LogP contribution is 2.25. The van der Waals surface area contributed by atoms with Crippen molar-refractivity contribution in [2.75, 3.05) is 32.7 Å². The zero-order valence-electron chi connectivity index (χ0n) is 10.7. The van der Waals surface area contributed by atoms with Crippen molar-refractivity contribution < 1.29 is 4.74 Å². The second-order valence-corrected chi connectivity index (χ2v) is 5.65. The van der Waals surface area contributed by atoms with Gasteiger partial charge in [-0.1, -0.05) is 13.8 Å². The maximum absolute atomic E-state index is 5.82. The lowest BCUT2D eigenvalue weighted by Gasteiger charge is -2.32. The number of morpholine rings is 1. The summed E-state index contributed by atoms with van der Waals surface area (Å²) in [7, 11) is 0. The van der Waals surface area contributed by atoms with Crippen LogP contribution in [0.2, 0.25) is 0 Å². The van der Waals surface area contributed by atoms with E-state index in [1.165, 1.54) is 25.8 Å². The summed E-state index contributed by atoms with van der Waals surface area (Å²) in [6.45, 7) is 10.4. The molecule has 0 saturated carbocycles. The Balaban J connectivity index is 1.53. The van der Waals surface area contributed by atoms with Crippen LogP contribution in [0.5, 0.6) is 0 Å². The fraction of sp³-hybridized carbons (Fsp3) is 1.00. The van der Waals surface area contributed by atoms with Crippen LogP contribution in [0.1, 0.15) is 33.1 Å². The summed E-state index contributed by atoms with van der Waals surface area (Å²) in [5, 5.41) is 3.53. The highest BCUT2D eigenvalue weighted by Gasteiger charge is 2.33. The molecule has 0 aromatic rings. The number of hydrogen-bond acceptors (Lipinski definition) is 3. The SMILES string of the molecule is CC(C)CCNCCN1CC2CCC(C1)O2. The van der Waals surface area contributed by atoms with E-state index in [9.17, 15) is 0 Å². The molecule has 2 bridgehead atoms. The molecule has 2 aliphatic rings. The van der Waals surface area contributed by atoms with E-state index < -0.39 is 0 Å². The van der Waals surface area contributed by atoms with Crippen LogP contribution >= 0.6 is 0 Å². The molecule has 2 atom stereocenters. The van der Waals surface area contributed by atoms with Gasteiger partial charge < -0.3 is 10.1 Å². The molecule has 2 heterocycles. The van der Waals surface area contributed by atoms with E-state index in [0.717, 1.165) is 32.1 Å². The van der Waals surface area contributed by atoms with Gasteiger partial charge in [0.25, 0.3) is 0 Å². The first-order valence-electron chi connectivity index (χ1n) is 6.82. The monoisotopic (exact) mass is 226 g/mol. The maximum atomic E-state index is 5.82. The number of hydrogen-bond donors (Lipinski definition) is 1. The average Bonchev–Trinajstić information content (AvgIpc) is 2.57. The molecule has 2 fully saturated rings. The van der Waals surface area contributed by atoms with Crippen LogP contribution in [0.4, 0.5) is 0 Å². The third-order valence-electron chi connectivity index (χ3n) is 3.62. The predicted molar refractivity (Wildman–Crippen MR) is 66.7 cm³/mol. The van der Waals surface area contributed by atoms with Gasteiger partial charge in [0.05, 0.1) is 12.2 Å². The number of likely N-dealkylation sites (tertiary alicyclic amines) is 1. The summed E-state index contributed by atoms with van der Waals surface area (Å²) in [6, 6.07) is 0. The predicted octanol–water partition coefficient (Wildman–Crippen LogP) is 1.49. The van der Waals surface area contributed by atoms with Gasteiger partial charge >= 0.3 is 0 Å². The van der Waals surface area contributed by atoms with Crippen LogP contribution in [-0.4, -0.2) is 49.8 Å². The first kappa shape index (κ1) is 12.3. The van der Waals surface area contributed by atoms with Crippen molar-refractivity contribution >= 4 is 0 Å². The van der Waals surface area contributed by atoms with Crippen molar-refractivity contribution in [2.45, 2.75) is 45.3 Å². The molecule has 0 aliphatic carbocycles. The van der Waals surface area contributed by atoms with Gasteiger partial charge in [-0.3, -0.25) is 4.90 Å². The van der Waals surface area contributed by atoms with E-state index in [0.29, 0.717) is 12.2 Å². The van der Waals surface area contributed by atoms with Gasteiger partial charge in [0, 0.05) is 26.2 Å². The fourth-order valence-electron chi connectivity index (χ4n) is 2.63. The summed E-state index contributed by atoms with van der Waals surface area (Å²) in [6.07, 6.45) is 4.92. The first-order chi connectivity index (χ1) is 7.74. The Morgan fingerprint density at radius 3 is 2.50 bits per heavy atom. The molecule has 1 N–H and O–H groups in total. The van der Waals surface area contributed by atoms with Crippen molar-refractivity contribution in [3.05, 3.63) is 0 Å². The molecule has 3 nitrogen and oxygen atoms in total. The Kier molecular flexibility index (Phi) is 4.62. The van der Waals surface area contributed by atoms with E-state index in [4.69, 9.17) is 4.74 Å². The number of fused-ring (bicyclic) bond motifs is 2. The quantitative estimate of drug-likeness (QED) is 0.694. The molecule has 0 spiro atoms. The molecule has 0 aromatic heterocycles. The minimum atomic E-state index is 0.536. The third kappa shape index (κ3) is 3.72. The second kappa shape index (κ2) is 5.99. The Hall–Kier alpha value is -0.120. The highest BCUT2D eigenvalue weighted by molar-refractivity contribution is 4.84. The van der Waals surface area contributed by atoms with Crippen LogP contribution in [0.15, 0.2) is 0 Å². The third-order valence-corrected chi connectivity index (χ3v) is 3.62. The van der Waals surface area contributed by atoms with E-state index in [-0.39, 0.29) is 0 Å². The molecule has 0 radical (unpaired) electrons. The smallest absolute Gasteiger partial charge is 0.0707 e. The topological polar surface area (TPSA) is 24.5 Å². The van der Waals surface area contributed by atoms with Crippen LogP contribution in [0, 0.1) is 5.92 Å².